The number of halogens is 1. The predicted octanol–water partition coefficient (Wildman–Crippen LogP) is 3.44. The molecule has 0 radical (unpaired) electrons. The Bertz CT molecular complexity index is 608. The van der Waals surface area contributed by atoms with Crippen LogP contribution in [-0.4, -0.2) is 29.9 Å². The molecule has 2 N–H and O–H groups in total. The summed E-state index contributed by atoms with van der Waals surface area (Å²) in [6, 6.07) is 20.4. The quantitative estimate of drug-likeness (QED) is 0.923. The molecule has 128 valence electrons. The van der Waals surface area contributed by atoms with Gasteiger partial charge >= 0.3 is 0 Å². The first-order valence-corrected chi connectivity index (χ1v) is 8.31. The largest absolute Gasteiger partial charge is 0.339 e. The minimum absolute atomic E-state index is 0. The number of carbonyl (C=O) groups is 1. The number of likely N-dealkylation sites (tertiary alicyclic amines) is 1. The highest BCUT2D eigenvalue weighted by Gasteiger charge is 2.36. The number of nitrogens with two attached hydrogens (primary N) is 1. The van der Waals surface area contributed by atoms with Crippen LogP contribution in [0.15, 0.2) is 60.7 Å². The van der Waals surface area contributed by atoms with Crippen molar-refractivity contribution in [2.24, 2.45) is 11.7 Å². The Labute approximate surface area is 150 Å². The molecule has 2 unspecified atom stereocenters. The van der Waals surface area contributed by atoms with Crippen molar-refractivity contribution in [3.05, 3.63) is 71.8 Å². The van der Waals surface area contributed by atoms with E-state index < -0.39 is 0 Å². The Kier molecular flexibility index (Phi) is 6.41. The summed E-state index contributed by atoms with van der Waals surface area (Å²) in [5.41, 5.74) is 7.92. The van der Waals surface area contributed by atoms with E-state index in [1.165, 1.54) is 0 Å². The molecule has 1 fully saturated rings. The van der Waals surface area contributed by atoms with Crippen LogP contribution in [0.3, 0.4) is 0 Å². The maximum atomic E-state index is 13.3. The lowest BCUT2D eigenvalue weighted by Gasteiger charge is -2.27. The van der Waals surface area contributed by atoms with Crippen LogP contribution in [0.2, 0.25) is 0 Å². The third-order valence-electron chi connectivity index (χ3n) is 4.79. The van der Waals surface area contributed by atoms with Crippen molar-refractivity contribution in [2.45, 2.75) is 25.3 Å². The van der Waals surface area contributed by atoms with Crippen LogP contribution in [0.25, 0.3) is 0 Å². The normalized spacial score (nSPS) is 20.0. The molecule has 4 heteroatoms. The third kappa shape index (κ3) is 3.80. The molecule has 1 aliphatic rings. The lowest BCUT2D eigenvalue weighted by molar-refractivity contribution is -0.132. The summed E-state index contributed by atoms with van der Waals surface area (Å²) in [4.78, 5) is 15.3. The average molecular weight is 345 g/mol. The van der Waals surface area contributed by atoms with Gasteiger partial charge in [-0.1, -0.05) is 60.7 Å². The number of hydrogen-bond acceptors (Lipinski definition) is 2. The van der Waals surface area contributed by atoms with Gasteiger partial charge in [0.05, 0.1) is 5.92 Å². The SMILES string of the molecule is CC1CC(CN)CN1C(=O)C(c1ccccc1)c1ccccc1.Cl. The van der Waals surface area contributed by atoms with E-state index in [-0.39, 0.29) is 30.3 Å². The molecule has 1 heterocycles. The molecule has 3 nitrogen and oxygen atoms in total. The third-order valence-corrected chi connectivity index (χ3v) is 4.79. The van der Waals surface area contributed by atoms with E-state index in [9.17, 15) is 4.79 Å². The van der Waals surface area contributed by atoms with Crippen LogP contribution < -0.4 is 5.73 Å². The second-order valence-corrected chi connectivity index (χ2v) is 6.43. The van der Waals surface area contributed by atoms with Crippen LogP contribution in [0.5, 0.6) is 0 Å². The van der Waals surface area contributed by atoms with Crippen molar-refractivity contribution in [1.29, 1.82) is 0 Å². The van der Waals surface area contributed by atoms with Gasteiger partial charge in [-0.2, -0.15) is 0 Å². The number of hydrogen-bond donors (Lipinski definition) is 1. The zero-order valence-corrected chi connectivity index (χ0v) is 14.8. The molecule has 0 saturated carbocycles. The molecule has 24 heavy (non-hydrogen) atoms. The second kappa shape index (κ2) is 8.32. The van der Waals surface area contributed by atoms with Gasteiger partial charge in [-0.15, -0.1) is 12.4 Å². The highest BCUT2D eigenvalue weighted by molar-refractivity contribution is 5.87. The molecule has 0 aromatic heterocycles. The van der Waals surface area contributed by atoms with E-state index in [0.29, 0.717) is 12.5 Å². The van der Waals surface area contributed by atoms with Crippen molar-refractivity contribution < 1.29 is 4.79 Å². The minimum atomic E-state index is -0.239. The van der Waals surface area contributed by atoms with Crippen LogP contribution in [-0.2, 0) is 4.79 Å². The van der Waals surface area contributed by atoms with Crippen molar-refractivity contribution in [1.82, 2.24) is 4.90 Å². The van der Waals surface area contributed by atoms with E-state index in [1.54, 1.807) is 0 Å². The predicted molar refractivity (Wildman–Crippen MR) is 100 cm³/mol. The molecule has 0 bridgehead atoms. The van der Waals surface area contributed by atoms with Crippen molar-refractivity contribution in [3.8, 4) is 0 Å². The fourth-order valence-corrected chi connectivity index (χ4v) is 3.55. The van der Waals surface area contributed by atoms with Gasteiger partial charge in [0.25, 0.3) is 0 Å². The maximum absolute atomic E-state index is 13.3. The Morgan fingerprint density at radius 3 is 2.00 bits per heavy atom. The zero-order chi connectivity index (χ0) is 16.2. The molecular formula is C20H25ClN2O. The summed E-state index contributed by atoms with van der Waals surface area (Å²) >= 11 is 0. The standard InChI is InChI=1S/C20H24N2O.ClH/c1-15-12-16(13-21)14-22(15)20(23)19(17-8-4-2-5-9-17)18-10-6-3-7-11-18;/h2-11,15-16,19H,12-14,21H2,1H3;1H. The van der Waals surface area contributed by atoms with Crippen LogP contribution >= 0.6 is 12.4 Å². The Morgan fingerprint density at radius 2 is 1.58 bits per heavy atom. The number of benzene rings is 2. The molecule has 0 spiro atoms. The lowest BCUT2D eigenvalue weighted by Crippen LogP contribution is -2.38. The Morgan fingerprint density at radius 1 is 1.08 bits per heavy atom. The van der Waals surface area contributed by atoms with E-state index in [0.717, 1.165) is 24.1 Å². The van der Waals surface area contributed by atoms with Gasteiger partial charge in [-0.05, 0) is 36.9 Å². The van der Waals surface area contributed by atoms with E-state index in [1.807, 2.05) is 65.6 Å². The Hall–Kier alpha value is -1.84. The second-order valence-electron chi connectivity index (χ2n) is 6.43. The maximum Gasteiger partial charge on any atom is 0.234 e. The molecule has 0 aliphatic carbocycles. The zero-order valence-electron chi connectivity index (χ0n) is 14.0. The first-order chi connectivity index (χ1) is 11.2. The van der Waals surface area contributed by atoms with Gasteiger partial charge in [-0.25, -0.2) is 0 Å². The Balaban J connectivity index is 0.00000208. The smallest absolute Gasteiger partial charge is 0.234 e. The highest BCUT2D eigenvalue weighted by atomic mass is 35.5. The molecule has 1 amide bonds. The van der Waals surface area contributed by atoms with Gasteiger partial charge in [0, 0.05) is 12.6 Å². The highest BCUT2D eigenvalue weighted by Crippen LogP contribution is 2.31. The van der Waals surface area contributed by atoms with Gasteiger partial charge in [-0.3, -0.25) is 4.79 Å². The van der Waals surface area contributed by atoms with Gasteiger partial charge < -0.3 is 10.6 Å². The fraction of sp³-hybridized carbons (Fsp3) is 0.350. The van der Waals surface area contributed by atoms with Crippen molar-refractivity contribution in [2.75, 3.05) is 13.1 Å². The number of carbonyl (C=O) groups excluding carboxylic acids is 1. The topological polar surface area (TPSA) is 46.3 Å². The van der Waals surface area contributed by atoms with Gasteiger partial charge in [0.15, 0.2) is 0 Å². The van der Waals surface area contributed by atoms with Crippen LogP contribution in [0.1, 0.15) is 30.4 Å². The first kappa shape index (κ1) is 18.5. The summed E-state index contributed by atoms with van der Waals surface area (Å²) in [6.07, 6.45) is 0.999. The average Bonchev–Trinajstić information content (AvgIpc) is 2.98. The number of nitrogens with zero attached hydrogens (tertiary/aromatic N) is 1. The lowest BCUT2D eigenvalue weighted by atomic mass is 9.90. The molecule has 2 atom stereocenters. The molecule has 2 aromatic carbocycles. The summed E-state index contributed by atoms with van der Waals surface area (Å²) in [5.74, 6) is 0.364. The summed E-state index contributed by atoms with van der Waals surface area (Å²) in [5, 5.41) is 0. The van der Waals surface area contributed by atoms with Gasteiger partial charge in [0.2, 0.25) is 5.91 Å². The van der Waals surface area contributed by atoms with Crippen LogP contribution in [0, 0.1) is 5.92 Å². The van der Waals surface area contributed by atoms with Crippen molar-refractivity contribution >= 4 is 18.3 Å². The summed E-state index contributed by atoms with van der Waals surface area (Å²) < 4.78 is 0. The molecule has 2 aromatic rings. The number of rotatable bonds is 4. The molecule has 1 aliphatic heterocycles. The minimum Gasteiger partial charge on any atom is -0.339 e. The number of amides is 1. The molecular weight excluding hydrogens is 320 g/mol. The van der Waals surface area contributed by atoms with Gasteiger partial charge in [0.1, 0.15) is 0 Å². The summed E-state index contributed by atoms with van der Waals surface area (Å²) in [7, 11) is 0. The van der Waals surface area contributed by atoms with E-state index in [4.69, 9.17) is 5.73 Å². The molecule has 3 rings (SSSR count). The fourth-order valence-electron chi connectivity index (χ4n) is 3.55. The van der Waals surface area contributed by atoms with Crippen LogP contribution in [0.4, 0.5) is 0 Å². The van der Waals surface area contributed by atoms with Crippen molar-refractivity contribution in [3.63, 3.8) is 0 Å². The first-order valence-electron chi connectivity index (χ1n) is 8.31. The van der Waals surface area contributed by atoms with E-state index >= 15 is 0 Å². The summed E-state index contributed by atoms with van der Waals surface area (Å²) in [6.45, 7) is 3.54. The molecule has 1 saturated heterocycles. The monoisotopic (exact) mass is 344 g/mol. The van der Waals surface area contributed by atoms with E-state index in [2.05, 4.69) is 6.92 Å².